The third-order valence-corrected chi connectivity index (χ3v) is 19.3. The van der Waals surface area contributed by atoms with Crippen molar-refractivity contribution in [3.63, 3.8) is 0 Å². The number of likely N-dealkylation sites (tertiary alicyclic amines) is 1. The number of rotatable bonds is 17. The Bertz CT molecular complexity index is 3470. The van der Waals surface area contributed by atoms with Gasteiger partial charge in [0.2, 0.25) is 35.4 Å². The lowest BCUT2D eigenvalue weighted by atomic mass is 9.86. The number of amides is 8. The number of halogens is 2. The molecule has 5 aliphatic rings. The molecule has 6 heterocycles. The van der Waals surface area contributed by atoms with Crippen LogP contribution in [0.15, 0.2) is 66.7 Å². The summed E-state index contributed by atoms with van der Waals surface area (Å²) in [7, 11) is -5.87. The minimum absolute atomic E-state index is 0.0481. The molecule has 6 atom stereocenters. The monoisotopic (exact) mass is 1220 g/mol. The lowest BCUT2D eigenvalue weighted by Gasteiger charge is -2.38. The quantitative estimate of drug-likeness (QED) is 0.0405. The van der Waals surface area contributed by atoms with E-state index in [1.54, 1.807) is 17.0 Å². The molecule has 0 spiro atoms. The number of nitrogens with one attached hydrogen (secondary N) is 4. The van der Waals surface area contributed by atoms with Gasteiger partial charge in [-0.1, -0.05) is 75.9 Å². The highest BCUT2D eigenvalue weighted by molar-refractivity contribution is 7.52. The molecule has 9 rings (SSSR count). The number of nitrogens with zero attached hydrogens (tertiary/aromatic N) is 5. The largest absolute Gasteiger partial charge is 0.399 e. The molecule has 4 aromatic rings. The van der Waals surface area contributed by atoms with Crippen molar-refractivity contribution in [3.8, 4) is 17.9 Å². The van der Waals surface area contributed by atoms with Crippen molar-refractivity contribution >= 4 is 76.3 Å². The van der Waals surface area contributed by atoms with Gasteiger partial charge in [-0.2, -0.15) is 14.0 Å². The van der Waals surface area contributed by atoms with E-state index < -0.39 is 84.6 Å². The number of likely N-dealkylation sites (N-methyl/N-ethyl adjacent to an activating group) is 1. The van der Waals surface area contributed by atoms with E-state index in [0.29, 0.717) is 74.1 Å². The highest BCUT2D eigenvalue weighted by Gasteiger charge is 2.51. The summed E-state index contributed by atoms with van der Waals surface area (Å²) in [6.45, 7) is 10.4. The van der Waals surface area contributed by atoms with E-state index in [4.69, 9.17) is 0 Å². The first kappa shape index (κ1) is 63.1. The standard InChI is InChI=1S/C62H72F2N9O11PS/c1-5-70-29-27-43-20-21-50(73(43)60(81)48(36-70)68-57(78)52-34-40-33-42(19-23-51(40)86-52)62(63,64)85(82,83)84)56(77)66-46(14-9-28-65)54(75)67-47(32-38-15-17-41(18-16-38)61(2,3)4)59(80)71-30-25-37(26-31-71)10-6-7-11-39-12-8-13-44-45(39)35-72(58(44)79)49-22-24-53(74)69-55(49)76/h8,12-13,15-19,23,33-34,37,43,46-50H,5-6,9-10,14,20-22,24-27,29-32,35-36H2,1-4H3,(H,66,77)(H,67,75)(H,68,78)(H,69,74,76)(H2,82,83,84)/t43-,46+,47+,48+,49?,50+/m1/s1. The Kier molecular flexibility index (Phi) is 19.3. The average molecular weight is 1220 g/mol. The third-order valence-electron chi connectivity index (χ3n) is 17.2. The van der Waals surface area contributed by atoms with Crippen LogP contribution in [0, 0.1) is 29.1 Å². The zero-order chi connectivity index (χ0) is 61.8. The van der Waals surface area contributed by atoms with Crippen molar-refractivity contribution in [2.24, 2.45) is 5.92 Å². The van der Waals surface area contributed by atoms with Crippen LogP contribution < -0.4 is 21.3 Å². The minimum Gasteiger partial charge on any atom is -0.342 e. The van der Waals surface area contributed by atoms with Gasteiger partial charge in [0.05, 0.1) is 10.9 Å². The second-order valence-corrected chi connectivity index (χ2v) is 26.7. The Morgan fingerprint density at radius 2 is 1.62 bits per heavy atom. The first-order chi connectivity index (χ1) is 40.8. The number of piperidine rings is 2. The van der Waals surface area contributed by atoms with Gasteiger partial charge in [-0.15, -0.1) is 11.3 Å². The molecule has 4 fully saturated rings. The summed E-state index contributed by atoms with van der Waals surface area (Å²) in [6, 6.07) is 13.9. The molecule has 0 radical (unpaired) electrons. The average Bonchev–Trinajstić information content (AvgIpc) is 3.96. The van der Waals surface area contributed by atoms with Crippen LogP contribution in [-0.2, 0) is 57.4 Å². The van der Waals surface area contributed by atoms with Crippen molar-refractivity contribution < 1.29 is 61.5 Å². The lowest BCUT2D eigenvalue weighted by Crippen LogP contribution is -2.62. The van der Waals surface area contributed by atoms with Crippen molar-refractivity contribution in [2.75, 3.05) is 32.7 Å². The van der Waals surface area contributed by atoms with Gasteiger partial charge in [0.25, 0.3) is 11.8 Å². The molecule has 0 bridgehead atoms. The van der Waals surface area contributed by atoms with E-state index in [0.717, 1.165) is 46.6 Å². The van der Waals surface area contributed by atoms with Gasteiger partial charge in [0, 0.05) is 85.8 Å². The van der Waals surface area contributed by atoms with E-state index in [9.17, 15) is 66.8 Å². The maximum absolute atomic E-state index is 14.8. The van der Waals surface area contributed by atoms with Gasteiger partial charge < -0.3 is 45.3 Å². The highest BCUT2D eigenvalue weighted by atomic mass is 32.1. The van der Waals surface area contributed by atoms with Crippen LogP contribution in [0.25, 0.3) is 10.1 Å². The molecular weight excluding hydrogens is 1150 g/mol. The zero-order valence-corrected chi connectivity index (χ0v) is 50.2. The second-order valence-electron chi connectivity index (χ2n) is 24.0. The van der Waals surface area contributed by atoms with Crippen LogP contribution in [0.2, 0.25) is 0 Å². The fourth-order valence-electron chi connectivity index (χ4n) is 12.2. The van der Waals surface area contributed by atoms with E-state index in [-0.39, 0.29) is 90.9 Å². The lowest BCUT2D eigenvalue weighted by molar-refractivity contribution is -0.144. The molecule has 86 heavy (non-hydrogen) atoms. The predicted molar refractivity (Wildman–Crippen MR) is 315 cm³/mol. The van der Waals surface area contributed by atoms with Gasteiger partial charge in [-0.25, -0.2) is 0 Å². The fourth-order valence-corrected chi connectivity index (χ4v) is 13.6. The predicted octanol–water partition coefficient (Wildman–Crippen LogP) is 5.96. The number of nitriles is 1. The fraction of sp³-hybridized carbons (Fsp3) is 0.500. The Morgan fingerprint density at radius 3 is 2.30 bits per heavy atom. The molecule has 0 aliphatic carbocycles. The van der Waals surface area contributed by atoms with E-state index in [1.807, 2.05) is 42.2 Å². The van der Waals surface area contributed by atoms with Crippen LogP contribution in [0.1, 0.15) is 146 Å². The summed E-state index contributed by atoms with van der Waals surface area (Å²) in [5.74, 6) is 2.79. The zero-order valence-electron chi connectivity index (χ0n) is 48.5. The molecule has 20 nitrogen and oxygen atoms in total. The van der Waals surface area contributed by atoms with Gasteiger partial charge in [-0.3, -0.25) is 48.2 Å². The van der Waals surface area contributed by atoms with Crippen molar-refractivity contribution in [1.29, 1.82) is 5.26 Å². The Hall–Kier alpha value is -7.40. The van der Waals surface area contributed by atoms with Crippen LogP contribution in [-0.4, -0.2) is 146 Å². The topological polar surface area (TPSA) is 279 Å². The van der Waals surface area contributed by atoms with Crippen molar-refractivity contribution in [2.45, 2.75) is 159 Å². The first-order valence-corrected chi connectivity index (χ1v) is 31.7. The summed E-state index contributed by atoms with van der Waals surface area (Å²) in [5.41, 5.74) is -1.73. The summed E-state index contributed by atoms with van der Waals surface area (Å²) < 4.78 is 41.2. The maximum Gasteiger partial charge on any atom is 0.399 e. The molecule has 456 valence electrons. The van der Waals surface area contributed by atoms with E-state index in [1.165, 1.54) is 21.9 Å². The Morgan fingerprint density at radius 1 is 0.884 bits per heavy atom. The number of carbonyl (C=O) groups excluding carboxylic acids is 8. The maximum atomic E-state index is 14.8. The molecule has 1 aromatic heterocycles. The molecule has 24 heteroatoms. The number of hydrogen-bond donors (Lipinski definition) is 6. The van der Waals surface area contributed by atoms with Gasteiger partial charge in [-0.05, 0) is 122 Å². The number of imide groups is 1. The van der Waals surface area contributed by atoms with Crippen molar-refractivity contribution in [3.05, 3.63) is 105 Å². The number of carbonyl (C=O) groups is 8. The summed E-state index contributed by atoms with van der Waals surface area (Å²) in [6.07, 6.45) is 4.21. The first-order valence-electron chi connectivity index (χ1n) is 29.3. The van der Waals surface area contributed by atoms with E-state index in [2.05, 4.69) is 59.9 Å². The molecular formula is C62H72F2N9O11PS. The molecule has 1 unspecified atom stereocenters. The SMILES string of the molecule is CCN1CC[C@H]2CC[C@@H](C(=O)N[C@@H](CCC#N)C(=O)N[C@@H](Cc3ccc(C(C)(C)C)cc3)C(=O)N3CCC(CCC#Cc4cccc5c4CN(C4CCC(=O)NC4=O)C5=O)CC3)N2C(=O)[C@@H](NC(=O)c2cc3cc(C(F)(F)P(=O)(O)O)ccc3s2)C1. The highest BCUT2D eigenvalue weighted by Crippen LogP contribution is 2.59. The number of alkyl halides is 2. The number of benzene rings is 3. The summed E-state index contributed by atoms with van der Waals surface area (Å²) in [5, 5.41) is 20.8. The van der Waals surface area contributed by atoms with Gasteiger partial charge >= 0.3 is 13.3 Å². The Balaban J connectivity index is 0.857. The minimum atomic E-state index is -5.87. The van der Waals surface area contributed by atoms with Crippen LogP contribution >= 0.6 is 18.9 Å². The molecule has 4 saturated heterocycles. The smallest absolute Gasteiger partial charge is 0.342 e. The molecule has 3 aromatic carbocycles. The number of hydrogen-bond acceptors (Lipinski definition) is 12. The van der Waals surface area contributed by atoms with Crippen LogP contribution in [0.3, 0.4) is 0 Å². The van der Waals surface area contributed by atoms with Crippen LogP contribution in [0.5, 0.6) is 0 Å². The number of thiophene rings is 1. The van der Waals surface area contributed by atoms with E-state index >= 15 is 0 Å². The summed E-state index contributed by atoms with van der Waals surface area (Å²) in [4.78, 5) is 136. The molecule has 6 N–H and O–H groups in total. The van der Waals surface area contributed by atoms with Crippen molar-refractivity contribution in [1.82, 2.24) is 40.9 Å². The van der Waals surface area contributed by atoms with Gasteiger partial charge in [0.1, 0.15) is 30.2 Å². The number of fused-ring (bicyclic) bond motifs is 3. The summed E-state index contributed by atoms with van der Waals surface area (Å²) >= 11 is 0.939. The molecule has 8 amide bonds. The third kappa shape index (κ3) is 14.0. The van der Waals surface area contributed by atoms with Crippen LogP contribution in [0.4, 0.5) is 8.78 Å². The second kappa shape index (κ2) is 26.3. The Labute approximate surface area is 501 Å². The molecule has 0 saturated carbocycles. The normalized spacial score (nSPS) is 21.3. The molecule has 5 aliphatic heterocycles. The van der Waals surface area contributed by atoms with Gasteiger partial charge in [0.15, 0.2) is 0 Å².